The first-order valence-electron chi connectivity index (χ1n) is 15.4. The number of phenols is 1. The molecular formula is C33H29B2BrN2O10. The molecule has 4 amide bonds. The first kappa shape index (κ1) is 32.3. The molecule has 0 aromatic heterocycles. The predicted octanol–water partition coefficient (Wildman–Crippen LogP) is 0.568. The van der Waals surface area contributed by atoms with Gasteiger partial charge in [0.05, 0.1) is 42.2 Å². The fourth-order valence-electron chi connectivity index (χ4n) is 8.08. The fourth-order valence-corrected chi connectivity index (χ4v) is 8.54. The maximum absolute atomic E-state index is 14.4. The highest BCUT2D eigenvalue weighted by Crippen LogP contribution is 2.60. The van der Waals surface area contributed by atoms with Crippen molar-refractivity contribution in [3.05, 3.63) is 82.3 Å². The topological polar surface area (TPSA) is 185 Å². The van der Waals surface area contributed by atoms with E-state index in [9.17, 15) is 44.4 Å². The van der Waals surface area contributed by atoms with Gasteiger partial charge < -0.3 is 29.9 Å². The van der Waals surface area contributed by atoms with E-state index in [4.69, 9.17) is 4.74 Å². The zero-order valence-electron chi connectivity index (χ0n) is 25.4. The standard InChI is InChI=1S/C33H29B2BrN2O10/c1-48-25-13-17(36)12-23(29(25)39)26-20-8-9-21-27(32(42)37(30(21)40)18-6-2-4-15(10-18)34(44)45)22(20)14-24-28(26)33(43)38(31(24)41)19-7-3-5-16(11-19)35(46)47/h2-8,10-13,21-22,24,26-28,39,44-47H,9,14H2,1H3/t21-,22+,24+,26+,27-,28+/m0/s1. The number of methoxy groups -OCH3 is 1. The van der Waals surface area contributed by atoms with Gasteiger partial charge in [-0.05, 0) is 66.1 Å². The van der Waals surface area contributed by atoms with E-state index in [1.54, 1.807) is 12.1 Å². The second kappa shape index (κ2) is 12.0. The van der Waals surface area contributed by atoms with Crippen LogP contribution in [0.3, 0.4) is 0 Å². The van der Waals surface area contributed by atoms with E-state index < -0.39 is 73.4 Å². The number of hydrogen-bond acceptors (Lipinski definition) is 10. The third-order valence-corrected chi connectivity index (χ3v) is 10.6. The molecule has 0 unspecified atom stereocenters. The number of fused-ring (bicyclic) bond motifs is 4. The highest BCUT2D eigenvalue weighted by Gasteiger charge is 2.62. The number of hydrogen-bond donors (Lipinski definition) is 5. The molecule has 1 saturated carbocycles. The summed E-state index contributed by atoms with van der Waals surface area (Å²) in [6, 6.07) is 14.9. The van der Waals surface area contributed by atoms with E-state index >= 15 is 0 Å². The Balaban J connectivity index is 1.35. The van der Waals surface area contributed by atoms with Gasteiger partial charge in [-0.1, -0.05) is 51.8 Å². The lowest BCUT2D eigenvalue weighted by Gasteiger charge is -2.44. The number of nitrogens with zero attached hydrogens (tertiary/aromatic N) is 2. The van der Waals surface area contributed by atoms with Gasteiger partial charge >= 0.3 is 14.2 Å². The van der Waals surface area contributed by atoms with Crippen LogP contribution >= 0.6 is 15.9 Å². The van der Waals surface area contributed by atoms with Gasteiger partial charge in [0, 0.05) is 16.0 Å². The van der Waals surface area contributed by atoms with Gasteiger partial charge in [0.15, 0.2) is 11.5 Å². The van der Waals surface area contributed by atoms with Crippen molar-refractivity contribution in [2.24, 2.45) is 29.6 Å². The maximum Gasteiger partial charge on any atom is 0.488 e. The molecule has 4 aliphatic rings. The molecule has 5 N–H and O–H groups in total. The van der Waals surface area contributed by atoms with Crippen molar-refractivity contribution >= 4 is 76.1 Å². The average Bonchev–Trinajstić information content (AvgIpc) is 3.48. The van der Waals surface area contributed by atoms with Gasteiger partial charge in [-0.15, -0.1) is 0 Å². The van der Waals surface area contributed by atoms with Crippen LogP contribution in [0.1, 0.15) is 24.3 Å². The minimum absolute atomic E-state index is 0.0751. The quantitative estimate of drug-likeness (QED) is 0.137. The molecule has 2 saturated heterocycles. The summed E-state index contributed by atoms with van der Waals surface area (Å²) in [6.07, 6.45) is 2.08. The molecule has 7 rings (SSSR count). The number of aromatic hydroxyl groups is 1. The minimum Gasteiger partial charge on any atom is -0.504 e. The van der Waals surface area contributed by atoms with Crippen LogP contribution in [0.15, 0.2) is 76.8 Å². The zero-order valence-corrected chi connectivity index (χ0v) is 27.0. The lowest BCUT2D eigenvalue weighted by atomic mass is 9.57. The Labute approximate surface area is 283 Å². The minimum atomic E-state index is -1.83. The molecule has 6 atom stereocenters. The summed E-state index contributed by atoms with van der Waals surface area (Å²) in [4.78, 5) is 58.8. The van der Waals surface area contributed by atoms with E-state index in [1.807, 2.05) is 6.08 Å². The van der Waals surface area contributed by atoms with E-state index in [-0.39, 0.29) is 46.6 Å². The molecule has 244 valence electrons. The Bertz CT molecular complexity index is 1920. The number of halogens is 1. The second-order valence-corrected chi connectivity index (χ2v) is 13.4. The lowest BCUT2D eigenvalue weighted by Crippen LogP contribution is -2.43. The smallest absolute Gasteiger partial charge is 0.488 e. The van der Waals surface area contributed by atoms with Crippen molar-refractivity contribution in [2.75, 3.05) is 16.9 Å². The molecule has 2 heterocycles. The second-order valence-electron chi connectivity index (χ2n) is 12.5. The van der Waals surface area contributed by atoms with E-state index in [0.29, 0.717) is 15.6 Å². The molecule has 0 spiro atoms. The van der Waals surface area contributed by atoms with Crippen LogP contribution in [0.2, 0.25) is 0 Å². The van der Waals surface area contributed by atoms with Crippen LogP contribution in [0, 0.1) is 29.6 Å². The Hall–Kier alpha value is -4.27. The molecule has 3 fully saturated rings. The van der Waals surface area contributed by atoms with Crippen LogP contribution in [0.4, 0.5) is 11.4 Å². The Kier molecular flexibility index (Phi) is 8.07. The third kappa shape index (κ3) is 4.91. The van der Waals surface area contributed by atoms with Crippen LogP contribution in [0.5, 0.6) is 11.5 Å². The maximum atomic E-state index is 14.4. The van der Waals surface area contributed by atoms with Crippen LogP contribution < -0.4 is 25.5 Å². The summed E-state index contributed by atoms with van der Waals surface area (Å²) >= 11 is 3.46. The number of phenolic OH excluding ortho intramolecular Hbond substituents is 1. The van der Waals surface area contributed by atoms with Crippen molar-refractivity contribution in [1.82, 2.24) is 0 Å². The van der Waals surface area contributed by atoms with Crippen LogP contribution in [-0.4, -0.2) is 70.2 Å². The summed E-state index contributed by atoms with van der Waals surface area (Å²) in [5.74, 6) is -7.25. The van der Waals surface area contributed by atoms with Crippen molar-refractivity contribution in [3.63, 3.8) is 0 Å². The molecule has 48 heavy (non-hydrogen) atoms. The number of benzene rings is 3. The van der Waals surface area contributed by atoms with E-state index in [2.05, 4.69) is 15.9 Å². The number of allylic oxidation sites excluding steroid dienone is 2. The van der Waals surface area contributed by atoms with Gasteiger partial charge in [-0.3, -0.25) is 29.0 Å². The summed E-state index contributed by atoms with van der Waals surface area (Å²) in [7, 11) is -2.26. The number of carbonyl (C=O) groups is 4. The van der Waals surface area contributed by atoms with E-state index in [0.717, 1.165) is 9.80 Å². The summed E-state index contributed by atoms with van der Waals surface area (Å²) < 4.78 is 5.96. The van der Waals surface area contributed by atoms with Gasteiger partial charge in [-0.25, -0.2) is 0 Å². The number of imide groups is 2. The largest absolute Gasteiger partial charge is 0.504 e. The molecule has 3 aromatic carbocycles. The van der Waals surface area contributed by atoms with Crippen molar-refractivity contribution in [1.29, 1.82) is 0 Å². The Morgan fingerprint density at radius 2 is 1.31 bits per heavy atom. The Morgan fingerprint density at radius 1 is 0.750 bits per heavy atom. The van der Waals surface area contributed by atoms with Crippen molar-refractivity contribution in [3.8, 4) is 11.5 Å². The van der Waals surface area contributed by atoms with Gasteiger partial charge in [0.25, 0.3) is 0 Å². The number of amides is 4. The van der Waals surface area contributed by atoms with Gasteiger partial charge in [0.1, 0.15) is 0 Å². The third-order valence-electron chi connectivity index (χ3n) is 10.1. The average molecular weight is 715 g/mol. The SMILES string of the molecule is COc1cc(Br)cc([C@H]2C3=CC[C@@H]4C(=O)N(c5cccc(B(O)O)c5)C(=O)[C@@H]4[C@@H]3C[C@H]3C(=O)N(c4cccc(B(O)O)c4)C(=O)[C@@H]23)c1O. The van der Waals surface area contributed by atoms with Crippen molar-refractivity contribution < 1.29 is 49.1 Å². The first-order valence-corrected chi connectivity index (χ1v) is 16.2. The van der Waals surface area contributed by atoms with Crippen LogP contribution in [-0.2, 0) is 19.2 Å². The van der Waals surface area contributed by atoms with Crippen LogP contribution in [0.25, 0.3) is 0 Å². The molecule has 15 heteroatoms. The summed E-state index contributed by atoms with van der Waals surface area (Å²) in [6.45, 7) is 0. The van der Waals surface area contributed by atoms with Crippen molar-refractivity contribution in [2.45, 2.75) is 18.8 Å². The molecule has 0 radical (unpaired) electrons. The monoisotopic (exact) mass is 714 g/mol. The number of carbonyl (C=O) groups excluding carboxylic acids is 4. The normalized spacial score (nSPS) is 26.2. The number of ether oxygens (including phenoxy) is 1. The van der Waals surface area contributed by atoms with E-state index in [1.165, 1.54) is 55.6 Å². The molecule has 2 aliphatic carbocycles. The summed E-state index contributed by atoms with van der Waals surface area (Å²) in [5.41, 5.74) is 1.49. The molecule has 12 nitrogen and oxygen atoms in total. The molecule has 2 aliphatic heterocycles. The first-order chi connectivity index (χ1) is 22.9. The predicted molar refractivity (Wildman–Crippen MR) is 177 cm³/mol. The van der Waals surface area contributed by atoms with Gasteiger partial charge in [0.2, 0.25) is 23.6 Å². The highest BCUT2D eigenvalue weighted by atomic mass is 79.9. The number of rotatable bonds is 6. The highest BCUT2D eigenvalue weighted by molar-refractivity contribution is 9.10. The molecule has 0 bridgehead atoms. The van der Waals surface area contributed by atoms with Gasteiger partial charge in [-0.2, -0.15) is 0 Å². The number of anilines is 2. The Morgan fingerprint density at radius 3 is 1.88 bits per heavy atom. The molecular weight excluding hydrogens is 686 g/mol. The molecule has 3 aromatic rings. The zero-order chi connectivity index (χ0) is 34.2. The lowest BCUT2D eigenvalue weighted by molar-refractivity contribution is -0.126. The fraction of sp³-hybridized carbons (Fsp3) is 0.273. The summed E-state index contributed by atoms with van der Waals surface area (Å²) in [5, 5.41) is 50.4.